The van der Waals surface area contributed by atoms with Crippen LogP contribution in [0.1, 0.15) is 24.7 Å². The molecule has 2 aromatic rings. The largest absolute Gasteiger partial charge is 0.493 e. The Kier molecular flexibility index (Phi) is 3.46. The Balaban J connectivity index is 2.04. The second-order valence-electron chi connectivity index (χ2n) is 4.81. The Labute approximate surface area is 120 Å². The van der Waals surface area contributed by atoms with E-state index in [1.54, 1.807) is 24.3 Å². The van der Waals surface area contributed by atoms with E-state index in [1.807, 2.05) is 0 Å². The predicted molar refractivity (Wildman–Crippen MR) is 76.9 cm³/mol. The van der Waals surface area contributed by atoms with Crippen LogP contribution in [-0.2, 0) is 0 Å². The predicted octanol–water partition coefficient (Wildman–Crippen LogP) is 2.22. The lowest BCUT2D eigenvalue weighted by molar-refractivity contribution is 0.444. The molecule has 104 valence electrons. The van der Waals surface area contributed by atoms with Crippen molar-refractivity contribution in [2.75, 3.05) is 6.54 Å². The third-order valence-corrected chi connectivity index (χ3v) is 3.69. The van der Waals surface area contributed by atoms with Crippen LogP contribution in [0, 0.1) is 0 Å². The lowest BCUT2D eigenvalue weighted by atomic mass is 10.1. The maximum atomic E-state index is 12.2. The lowest BCUT2D eigenvalue weighted by Gasteiger charge is -2.11. The van der Waals surface area contributed by atoms with Crippen molar-refractivity contribution in [2.24, 2.45) is 0 Å². The van der Waals surface area contributed by atoms with Gasteiger partial charge in [-0.15, -0.1) is 0 Å². The van der Waals surface area contributed by atoms with Crippen molar-refractivity contribution in [3.05, 3.63) is 45.5 Å². The number of aromatic amines is 1. The highest BCUT2D eigenvalue weighted by Crippen LogP contribution is 2.27. The van der Waals surface area contributed by atoms with Gasteiger partial charge in [-0.2, -0.15) is 4.98 Å². The van der Waals surface area contributed by atoms with E-state index < -0.39 is 0 Å². The van der Waals surface area contributed by atoms with Gasteiger partial charge in [-0.1, -0.05) is 23.7 Å². The molecule has 0 bridgehead atoms. The van der Waals surface area contributed by atoms with Crippen molar-refractivity contribution in [3.63, 3.8) is 0 Å². The molecule has 1 atom stereocenters. The first-order chi connectivity index (χ1) is 9.65. The topological polar surface area (TPSA) is 78.0 Å². The van der Waals surface area contributed by atoms with E-state index in [4.69, 9.17) is 11.6 Å². The molecule has 0 spiro atoms. The molecule has 0 saturated carbocycles. The van der Waals surface area contributed by atoms with Gasteiger partial charge < -0.3 is 15.4 Å². The SMILES string of the molecule is O=c1[nH]c(C2CCCN2)nc(O)c1-c1ccc(Cl)cc1. The Morgan fingerprint density at radius 2 is 2.05 bits per heavy atom. The molecule has 1 aromatic heterocycles. The smallest absolute Gasteiger partial charge is 0.262 e. The van der Waals surface area contributed by atoms with Crippen molar-refractivity contribution in [2.45, 2.75) is 18.9 Å². The summed E-state index contributed by atoms with van der Waals surface area (Å²) >= 11 is 5.82. The third-order valence-electron chi connectivity index (χ3n) is 3.44. The normalized spacial score (nSPS) is 18.4. The summed E-state index contributed by atoms with van der Waals surface area (Å²) in [5.74, 6) is 0.238. The monoisotopic (exact) mass is 291 g/mol. The Morgan fingerprint density at radius 3 is 2.65 bits per heavy atom. The highest BCUT2D eigenvalue weighted by molar-refractivity contribution is 6.30. The Morgan fingerprint density at radius 1 is 1.30 bits per heavy atom. The zero-order valence-electron chi connectivity index (χ0n) is 10.7. The molecule has 0 aliphatic carbocycles. The van der Waals surface area contributed by atoms with Gasteiger partial charge in [0.25, 0.3) is 5.56 Å². The maximum Gasteiger partial charge on any atom is 0.262 e. The highest BCUT2D eigenvalue weighted by atomic mass is 35.5. The van der Waals surface area contributed by atoms with Crippen LogP contribution in [0.25, 0.3) is 11.1 Å². The standard InChI is InChI=1S/C14H14ClN3O2/c15-9-5-3-8(4-6-9)11-13(19)17-12(18-14(11)20)10-2-1-7-16-10/h3-6,10,16H,1-2,7H2,(H2,17,18,19,20). The molecule has 6 heteroatoms. The molecule has 1 unspecified atom stereocenters. The van der Waals surface area contributed by atoms with Gasteiger partial charge >= 0.3 is 0 Å². The molecular formula is C14H14ClN3O2. The van der Waals surface area contributed by atoms with Crippen molar-refractivity contribution in [1.82, 2.24) is 15.3 Å². The van der Waals surface area contributed by atoms with E-state index in [2.05, 4.69) is 15.3 Å². The fourth-order valence-electron chi connectivity index (χ4n) is 2.44. The van der Waals surface area contributed by atoms with Crippen LogP contribution in [0.5, 0.6) is 5.88 Å². The van der Waals surface area contributed by atoms with Gasteiger partial charge in [-0.3, -0.25) is 4.79 Å². The Bertz CT molecular complexity index is 676. The highest BCUT2D eigenvalue weighted by Gasteiger charge is 2.21. The summed E-state index contributed by atoms with van der Waals surface area (Å²) in [6.07, 6.45) is 1.94. The van der Waals surface area contributed by atoms with E-state index in [9.17, 15) is 9.90 Å². The minimum absolute atomic E-state index is 0.00729. The minimum Gasteiger partial charge on any atom is -0.493 e. The molecule has 20 heavy (non-hydrogen) atoms. The summed E-state index contributed by atoms with van der Waals surface area (Å²) in [7, 11) is 0. The Hall–Kier alpha value is -1.85. The summed E-state index contributed by atoms with van der Waals surface area (Å²) in [6, 6.07) is 6.71. The van der Waals surface area contributed by atoms with Crippen LogP contribution in [-0.4, -0.2) is 21.6 Å². The third kappa shape index (κ3) is 2.42. The number of aromatic nitrogens is 2. The van der Waals surface area contributed by atoms with Crippen LogP contribution in [0.15, 0.2) is 29.1 Å². The summed E-state index contributed by atoms with van der Waals surface area (Å²) in [5, 5.41) is 13.9. The summed E-state index contributed by atoms with van der Waals surface area (Å²) in [5.41, 5.74) is 0.415. The molecule has 1 saturated heterocycles. The molecule has 1 aromatic carbocycles. The zero-order valence-corrected chi connectivity index (χ0v) is 11.4. The average Bonchev–Trinajstić information content (AvgIpc) is 2.94. The van der Waals surface area contributed by atoms with Crippen LogP contribution in [0.2, 0.25) is 5.02 Å². The van der Waals surface area contributed by atoms with Crippen LogP contribution in [0.4, 0.5) is 0 Å². The van der Waals surface area contributed by atoms with Gasteiger partial charge in [0.15, 0.2) is 0 Å². The summed E-state index contributed by atoms with van der Waals surface area (Å²) < 4.78 is 0. The first-order valence-electron chi connectivity index (χ1n) is 6.47. The van der Waals surface area contributed by atoms with Crippen LogP contribution >= 0.6 is 11.6 Å². The molecule has 1 fully saturated rings. The number of halogens is 1. The van der Waals surface area contributed by atoms with Crippen LogP contribution in [0.3, 0.4) is 0 Å². The number of hydrogen-bond acceptors (Lipinski definition) is 4. The van der Waals surface area contributed by atoms with Gasteiger partial charge in [-0.05, 0) is 37.1 Å². The fraction of sp³-hybridized carbons (Fsp3) is 0.286. The minimum atomic E-state index is -0.344. The van der Waals surface area contributed by atoms with Gasteiger partial charge in [0, 0.05) is 5.02 Å². The summed E-state index contributed by atoms with van der Waals surface area (Å²) in [4.78, 5) is 19.1. The number of nitrogens with one attached hydrogen (secondary N) is 2. The van der Waals surface area contributed by atoms with E-state index in [0.717, 1.165) is 19.4 Å². The number of nitrogens with zero attached hydrogens (tertiary/aromatic N) is 1. The quantitative estimate of drug-likeness (QED) is 0.793. The van der Waals surface area contributed by atoms with Gasteiger partial charge in [0.2, 0.25) is 5.88 Å². The lowest BCUT2D eigenvalue weighted by Crippen LogP contribution is -2.21. The maximum absolute atomic E-state index is 12.2. The van der Waals surface area contributed by atoms with E-state index >= 15 is 0 Å². The molecule has 0 amide bonds. The van der Waals surface area contributed by atoms with E-state index in [1.165, 1.54) is 0 Å². The van der Waals surface area contributed by atoms with Crippen molar-refractivity contribution >= 4 is 11.6 Å². The molecule has 1 aliphatic rings. The average molecular weight is 292 g/mol. The van der Waals surface area contributed by atoms with Gasteiger partial charge in [0.05, 0.1) is 6.04 Å². The van der Waals surface area contributed by atoms with Crippen molar-refractivity contribution in [1.29, 1.82) is 0 Å². The van der Waals surface area contributed by atoms with Crippen molar-refractivity contribution < 1.29 is 5.11 Å². The van der Waals surface area contributed by atoms with Gasteiger partial charge in [-0.25, -0.2) is 0 Å². The van der Waals surface area contributed by atoms with Gasteiger partial charge in [0.1, 0.15) is 11.4 Å². The van der Waals surface area contributed by atoms with E-state index in [-0.39, 0.29) is 23.0 Å². The van der Waals surface area contributed by atoms with E-state index in [0.29, 0.717) is 16.4 Å². The molecule has 3 N–H and O–H groups in total. The van der Waals surface area contributed by atoms with Crippen molar-refractivity contribution in [3.8, 4) is 17.0 Å². The zero-order chi connectivity index (χ0) is 14.1. The molecule has 1 aliphatic heterocycles. The molecule has 5 nitrogen and oxygen atoms in total. The first-order valence-corrected chi connectivity index (χ1v) is 6.85. The number of rotatable bonds is 2. The number of benzene rings is 1. The number of hydrogen-bond donors (Lipinski definition) is 3. The molecule has 0 radical (unpaired) electrons. The fourth-order valence-corrected chi connectivity index (χ4v) is 2.56. The second kappa shape index (κ2) is 5.26. The second-order valence-corrected chi connectivity index (χ2v) is 5.24. The molecule has 3 rings (SSSR count). The molecular weight excluding hydrogens is 278 g/mol. The van der Waals surface area contributed by atoms with Crippen LogP contribution < -0.4 is 10.9 Å². The molecule has 2 heterocycles. The first kappa shape index (κ1) is 13.1. The number of H-pyrrole nitrogens is 1. The number of aromatic hydroxyl groups is 1. The summed E-state index contributed by atoms with van der Waals surface area (Å²) in [6.45, 7) is 0.897.